The number of fused-ring (bicyclic) bond motifs is 7. The molecule has 0 amide bonds. The molecule has 1 aliphatic rings. The fraction of sp³-hybridized carbons (Fsp3) is 0.0769. The number of hydrogen-bond acceptors (Lipinski definition) is 2. The Morgan fingerprint density at radius 2 is 1.33 bits per heavy atom. The molecule has 2 N–H and O–H groups in total. The van der Waals surface area contributed by atoms with Crippen LogP contribution in [0.3, 0.4) is 0 Å². The number of anilines is 3. The van der Waals surface area contributed by atoms with Gasteiger partial charge >= 0.3 is 0 Å². The zero-order valence-electron chi connectivity index (χ0n) is 24.4. The quantitative estimate of drug-likeness (QED) is 0.207. The lowest BCUT2D eigenvalue weighted by Crippen LogP contribution is -2.17. The SMILES string of the molecule is CS1(C)c2ccccc2-c2ccc3c(c21)c1ccccc1n3-c1ccc(CN(c2ccccc2)c2ccccc2N)cc1. The highest BCUT2D eigenvalue weighted by molar-refractivity contribution is 8.33. The van der Waals surface area contributed by atoms with Crippen molar-refractivity contribution in [2.75, 3.05) is 23.1 Å². The molecule has 0 unspecified atom stereocenters. The topological polar surface area (TPSA) is 34.2 Å². The van der Waals surface area contributed by atoms with Crippen molar-refractivity contribution in [3.05, 3.63) is 145 Å². The number of benzene rings is 6. The van der Waals surface area contributed by atoms with E-state index in [0.717, 1.165) is 23.6 Å². The van der Waals surface area contributed by atoms with Crippen molar-refractivity contribution in [3.63, 3.8) is 0 Å². The average molecular weight is 576 g/mol. The Hall–Kier alpha value is -4.93. The molecule has 1 aromatic heterocycles. The average Bonchev–Trinajstić information content (AvgIpc) is 3.50. The van der Waals surface area contributed by atoms with E-state index in [2.05, 4.69) is 137 Å². The second-order valence-electron chi connectivity index (χ2n) is 11.7. The largest absolute Gasteiger partial charge is 0.397 e. The van der Waals surface area contributed by atoms with Crippen LogP contribution in [0.25, 0.3) is 38.6 Å². The fourth-order valence-corrected chi connectivity index (χ4v) is 9.70. The normalized spacial score (nSPS) is 14.0. The third kappa shape index (κ3) is 3.98. The molecule has 6 aromatic carbocycles. The molecule has 0 radical (unpaired) electrons. The maximum atomic E-state index is 6.45. The minimum atomic E-state index is -1.16. The summed E-state index contributed by atoms with van der Waals surface area (Å²) in [6.45, 7) is 0.717. The Bertz CT molecular complexity index is 2140. The van der Waals surface area contributed by atoms with Gasteiger partial charge in [0.15, 0.2) is 0 Å². The van der Waals surface area contributed by atoms with E-state index < -0.39 is 10.0 Å². The van der Waals surface area contributed by atoms with Crippen LogP contribution in [0.4, 0.5) is 17.1 Å². The molecule has 1 aliphatic heterocycles. The van der Waals surface area contributed by atoms with E-state index in [1.54, 1.807) is 0 Å². The molecule has 0 spiro atoms. The second kappa shape index (κ2) is 9.82. The fourth-order valence-electron chi connectivity index (χ4n) is 6.88. The highest BCUT2D eigenvalue weighted by atomic mass is 32.3. The Morgan fingerprint density at radius 1 is 0.628 bits per heavy atom. The van der Waals surface area contributed by atoms with Gasteiger partial charge in [0.05, 0.1) is 22.4 Å². The maximum absolute atomic E-state index is 6.45. The number of nitrogens with zero attached hydrogens (tertiary/aromatic N) is 2. The van der Waals surface area contributed by atoms with E-state index in [9.17, 15) is 0 Å². The van der Waals surface area contributed by atoms with Gasteiger partial charge in [0, 0.05) is 38.5 Å². The van der Waals surface area contributed by atoms with E-state index in [4.69, 9.17) is 5.73 Å². The lowest BCUT2D eigenvalue weighted by atomic mass is 10.0. The first-order chi connectivity index (χ1) is 21.0. The molecule has 4 heteroatoms. The van der Waals surface area contributed by atoms with E-state index in [1.807, 2.05) is 24.3 Å². The van der Waals surface area contributed by atoms with Crippen molar-refractivity contribution in [2.24, 2.45) is 0 Å². The summed E-state index contributed by atoms with van der Waals surface area (Å²) in [4.78, 5) is 5.29. The molecule has 210 valence electrons. The predicted octanol–water partition coefficient (Wildman–Crippen LogP) is 10.2. The smallest absolute Gasteiger partial charge is 0.0647 e. The minimum Gasteiger partial charge on any atom is -0.397 e. The first kappa shape index (κ1) is 25.8. The highest BCUT2D eigenvalue weighted by Gasteiger charge is 2.34. The molecule has 0 atom stereocenters. The lowest BCUT2D eigenvalue weighted by Gasteiger charge is -2.29. The zero-order chi connectivity index (χ0) is 29.1. The summed E-state index contributed by atoms with van der Waals surface area (Å²) in [7, 11) is -1.16. The standard InChI is InChI=1S/C39H33N3S/c1-43(2)37-19-11-7-14-30(37)31-24-25-36-38(39(31)43)32-15-6-9-17-34(32)42(36)29-22-20-27(21-23-29)26-41(28-12-4-3-5-13-28)35-18-10-8-16-33(35)40/h3-25H,26,40H2,1-2H3. The van der Waals surface area contributed by atoms with Gasteiger partial charge < -0.3 is 15.2 Å². The highest BCUT2D eigenvalue weighted by Crippen LogP contribution is 2.69. The first-order valence-electron chi connectivity index (χ1n) is 14.7. The summed E-state index contributed by atoms with van der Waals surface area (Å²) in [5.41, 5.74) is 17.0. The van der Waals surface area contributed by atoms with Gasteiger partial charge in [-0.3, -0.25) is 0 Å². The number of nitrogen functional groups attached to an aromatic ring is 1. The third-order valence-corrected chi connectivity index (χ3v) is 11.8. The molecule has 0 saturated heterocycles. The summed E-state index contributed by atoms with van der Waals surface area (Å²) >= 11 is 0. The van der Waals surface area contributed by atoms with Crippen LogP contribution in [-0.2, 0) is 6.54 Å². The number of rotatable bonds is 5. The van der Waals surface area contributed by atoms with Crippen LogP contribution in [0.1, 0.15) is 5.56 Å². The van der Waals surface area contributed by atoms with Crippen LogP contribution in [0.15, 0.2) is 149 Å². The van der Waals surface area contributed by atoms with Gasteiger partial charge in [-0.1, -0.05) is 84.9 Å². The Labute approximate surface area is 254 Å². The second-order valence-corrected chi connectivity index (χ2v) is 15.2. The number of nitrogens with two attached hydrogens (primary N) is 1. The monoisotopic (exact) mass is 575 g/mol. The molecule has 7 aromatic rings. The first-order valence-corrected chi connectivity index (χ1v) is 17.1. The van der Waals surface area contributed by atoms with Gasteiger partial charge in [-0.25, -0.2) is 0 Å². The summed E-state index contributed by atoms with van der Waals surface area (Å²) in [5, 5.41) is 2.71. The van der Waals surface area contributed by atoms with Crippen LogP contribution in [-0.4, -0.2) is 17.1 Å². The Kier molecular flexibility index (Phi) is 5.88. The van der Waals surface area contributed by atoms with Gasteiger partial charge in [0.2, 0.25) is 0 Å². The Balaban J connectivity index is 1.25. The van der Waals surface area contributed by atoms with Crippen molar-refractivity contribution in [3.8, 4) is 16.8 Å². The molecule has 0 aliphatic carbocycles. The molecule has 2 heterocycles. The van der Waals surface area contributed by atoms with Gasteiger partial charge in [0.25, 0.3) is 0 Å². The maximum Gasteiger partial charge on any atom is 0.0647 e. The van der Waals surface area contributed by atoms with E-state index >= 15 is 0 Å². The van der Waals surface area contributed by atoms with Gasteiger partial charge in [0.1, 0.15) is 0 Å². The van der Waals surface area contributed by atoms with Crippen molar-refractivity contribution in [1.29, 1.82) is 0 Å². The van der Waals surface area contributed by atoms with E-state index in [0.29, 0.717) is 0 Å². The van der Waals surface area contributed by atoms with Gasteiger partial charge in [-0.05, 0) is 83.8 Å². The zero-order valence-corrected chi connectivity index (χ0v) is 25.2. The molecular formula is C39H33N3S. The molecule has 0 bridgehead atoms. The molecule has 43 heavy (non-hydrogen) atoms. The van der Waals surface area contributed by atoms with Crippen molar-refractivity contribution >= 4 is 48.9 Å². The number of para-hydroxylation sites is 4. The Morgan fingerprint density at radius 3 is 2.14 bits per heavy atom. The van der Waals surface area contributed by atoms with Crippen LogP contribution in [0.5, 0.6) is 0 Å². The van der Waals surface area contributed by atoms with Crippen molar-refractivity contribution in [2.45, 2.75) is 16.3 Å². The van der Waals surface area contributed by atoms with Crippen LogP contribution >= 0.6 is 10.0 Å². The van der Waals surface area contributed by atoms with E-state index in [1.165, 1.54) is 54.0 Å². The molecule has 8 rings (SSSR count). The van der Waals surface area contributed by atoms with Crippen LogP contribution in [0, 0.1) is 0 Å². The summed E-state index contributed by atoms with van der Waals surface area (Å²) in [5.74, 6) is 0. The third-order valence-electron chi connectivity index (χ3n) is 8.86. The van der Waals surface area contributed by atoms with Gasteiger partial charge in [-0.2, -0.15) is 10.0 Å². The molecular weight excluding hydrogens is 543 g/mol. The van der Waals surface area contributed by atoms with Crippen molar-refractivity contribution in [1.82, 2.24) is 4.57 Å². The van der Waals surface area contributed by atoms with Gasteiger partial charge in [-0.15, -0.1) is 0 Å². The number of hydrogen-bond donors (Lipinski definition) is 1. The minimum absolute atomic E-state index is 0.717. The summed E-state index contributed by atoms with van der Waals surface area (Å²) < 4.78 is 2.44. The van der Waals surface area contributed by atoms with Crippen LogP contribution < -0.4 is 10.6 Å². The summed E-state index contributed by atoms with van der Waals surface area (Å²) in [6.07, 6.45) is 4.91. The molecule has 0 saturated carbocycles. The van der Waals surface area contributed by atoms with E-state index in [-0.39, 0.29) is 0 Å². The van der Waals surface area contributed by atoms with Crippen molar-refractivity contribution < 1.29 is 0 Å². The number of aromatic nitrogens is 1. The van der Waals surface area contributed by atoms with Crippen LogP contribution in [0.2, 0.25) is 0 Å². The predicted molar refractivity (Wildman–Crippen MR) is 185 cm³/mol. The molecule has 3 nitrogen and oxygen atoms in total. The summed E-state index contributed by atoms with van der Waals surface area (Å²) in [6, 6.07) is 50.1. The lowest BCUT2D eigenvalue weighted by molar-refractivity contribution is 0.975. The molecule has 0 fully saturated rings.